The summed E-state index contributed by atoms with van der Waals surface area (Å²) < 4.78 is 0. The second-order valence-electron chi connectivity index (χ2n) is 5.53. The second kappa shape index (κ2) is 9.03. The molecule has 0 radical (unpaired) electrons. The van der Waals surface area contributed by atoms with E-state index in [0.717, 1.165) is 11.3 Å². The molecule has 0 saturated carbocycles. The van der Waals surface area contributed by atoms with Crippen LogP contribution in [-0.2, 0) is 11.3 Å². The Hall–Kier alpha value is -2.60. The highest BCUT2D eigenvalue weighted by Gasteiger charge is 2.16. The van der Waals surface area contributed by atoms with Gasteiger partial charge in [-0.25, -0.2) is 0 Å². The smallest absolute Gasteiger partial charge is 0.221 e. The van der Waals surface area contributed by atoms with Crippen LogP contribution in [0.1, 0.15) is 18.0 Å². The van der Waals surface area contributed by atoms with Gasteiger partial charge in [0, 0.05) is 17.1 Å². The molecule has 1 aromatic heterocycles. The monoisotopic (exact) mass is 352 g/mol. The summed E-state index contributed by atoms with van der Waals surface area (Å²) in [5, 5.41) is 11.4. The SMILES string of the molecule is O=C(CCSc1ccccc1)N[C@H](Cn1nccn1)c1ccccc1. The summed E-state index contributed by atoms with van der Waals surface area (Å²) in [6.07, 6.45) is 3.75. The summed E-state index contributed by atoms with van der Waals surface area (Å²) in [5.41, 5.74) is 1.05. The molecule has 25 heavy (non-hydrogen) atoms. The van der Waals surface area contributed by atoms with E-state index in [2.05, 4.69) is 27.6 Å². The van der Waals surface area contributed by atoms with Crippen LogP contribution in [0, 0.1) is 0 Å². The Morgan fingerprint density at radius 3 is 2.32 bits per heavy atom. The molecule has 128 valence electrons. The quantitative estimate of drug-likeness (QED) is 0.632. The third-order valence-electron chi connectivity index (χ3n) is 3.69. The molecule has 0 saturated heterocycles. The van der Waals surface area contributed by atoms with Crippen LogP contribution in [0.3, 0.4) is 0 Å². The third kappa shape index (κ3) is 5.46. The van der Waals surface area contributed by atoms with Crippen LogP contribution in [0.25, 0.3) is 0 Å². The molecule has 2 aromatic carbocycles. The molecule has 0 bridgehead atoms. The fourth-order valence-corrected chi connectivity index (χ4v) is 3.34. The molecule has 0 aliphatic rings. The number of nitrogens with zero attached hydrogens (tertiary/aromatic N) is 3. The molecule has 3 aromatic rings. The van der Waals surface area contributed by atoms with E-state index >= 15 is 0 Å². The van der Waals surface area contributed by atoms with Gasteiger partial charge in [0.25, 0.3) is 0 Å². The van der Waals surface area contributed by atoms with E-state index in [4.69, 9.17) is 0 Å². The van der Waals surface area contributed by atoms with E-state index in [-0.39, 0.29) is 11.9 Å². The van der Waals surface area contributed by atoms with Gasteiger partial charge < -0.3 is 5.32 Å². The standard InChI is InChI=1S/C19H20N4OS/c24-19(11-14-25-17-9-5-2-6-10-17)22-18(15-23-20-12-13-21-23)16-7-3-1-4-8-16/h1-10,12-13,18H,11,14-15H2,(H,22,24)/t18-/m1/s1. The zero-order chi connectivity index (χ0) is 17.3. The van der Waals surface area contributed by atoms with E-state index < -0.39 is 0 Å². The Labute approximate surface area is 151 Å². The zero-order valence-electron chi connectivity index (χ0n) is 13.8. The molecular formula is C19H20N4OS. The number of carbonyl (C=O) groups is 1. The van der Waals surface area contributed by atoms with E-state index in [1.165, 1.54) is 4.90 Å². The van der Waals surface area contributed by atoms with Crippen LogP contribution >= 0.6 is 11.8 Å². The van der Waals surface area contributed by atoms with Crippen molar-refractivity contribution in [3.05, 3.63) is 78.6 Å². The highest BCUT2D eigenvalue weighted by Crippen LogP contribution is 2.19. The molecular weight excluding hydrogens is 332 g/mol. The van der Waals surface area contributed by atoms with Gasteiger partial charge in [0.2, 0.25) is 5.91 Å². The third-order valence-corrected chi connectivity index (χ3v) is 4.70. The topological polar surface area (TPSA) is 59.8 Å². The number of carbonyl (C=O) groups excluding carboxylic acids is 1. The van der Waals surface area contributed by atoms with Crippen molar-refractivity contribution in [1.29, 1.82) is 0 Å². The molecule has 1 N–H and O–H groups in total. The molecule has 0 spiro atoms. The van der Waals surface area contributed by atoms with Crippen molar-refractivity contribution in [2.24, 2.45) is 0 Å². The Morgan fingerprint density at radius 1 is 1.00 bits per heavy atom. The maximum atomic E-state index is 12.4. The number of aromatic nitrogens is 3. The lowest BCUT2D eigenvalue weighted by Gasteiger charge is -2.18. The first-order valence-electron chi connectivity index (χ1n) is 8.17. The highest BCUT2D eigenvalue weighted by molar-refractivity contribution is 7.99. The summed E-state index contributed by atoms with van der Waals surface area (Å²) in [6.45, 7) is 0.509. The number of nitrogens with one attached hydrogen (secondary N) is 1. The van der Waals surface area contributed by atoms with Gasteiger partial charge in [-0.05, 0) is 17.7 Å². The van der Waals surface area contributed by atoms with Gasteiger partial charge in [-0.3, -0.25) is 4.79 Å². The number of hydrogen-bond acceptors (Lipinski definition) is 4. The molecule has 1 heterocycles. The normalized spacial score (nSPS) is 11.8. The van der Waals surface area contributed by atoms with Crippen molar-refractivity contribution in [3.63, 3.8) is 0 Å². The molecule has 0 aliphatic heterocycles. The van der Waals surface area contributed by atoms with Crippen molar-refractivity contribution >= 4 is 17.7 Å². The minimum atomic E-state index is -0.150. The molecule has 0 aliphatic carbocycles. The lowest BCUT2D eigenvalue weighted by Crippen LogP contribution is -2.32. The largest absolute Gasteiger partial charge is 0.347 e. The molecule has 1 amide bonds. The Balaban J connectivity index is 1.56. The Morgan fingerprint density at radius 2 is 1.64 bits per heavy atom. The van der Waals surface area contributed by atoms with Crippen molar-refractivity contribution < 1.29 is 4.79 Å². The summed E-state index contributed by atoms with van der Waals surface area (Å²) in [5.74, 6) is 0.779. The predicted octanol–water partition coefficient (Wildman–Crippen LogP) is 3.32. The molecule has 1 atom stereocenters. The van der Waals surface area contributed by atoms with Crippen molar-refractivity contribution in [2.45, 2.75) is 23.9 Å². The van der Waals surface area contributed by atoms with E-state index in [1.807, 2.05) is 48.5 Å². The zero-order valence-corrected chi connectivity index (χ0v) is 14.6. The number of benzene rings is 2. The van der Waals surface area contributed by atoms with Crippen LogP contribution in [0.15, 0.2) is 78.0 Å². The fraction of sp³-hybridized carbons (Fsp3) is 0.211. The first kappa shape index (κ1) is 17.2. The summed E-state index contributed by atoms with van der Waals surface area (Å²) in [6, 6.07) is 19.9. The van der Waals surface area contributed by atoms with Gasteiger partial charge in [0.15, 0.2) is 0 Å². The van der Waals surface area contributed by atoms with E-state index in [1.54, 1.807) is 29.0 Å². The molecule has 6 heteroatoms. The van der Waals surface area contributed by atoms with Crippen molar-refractivity contribution in [3.8, 4) is 0 Å². The minimum absolute atomic E-state index is 0.0319. The second-order valence-corrected chi connectivity index (χ2v) is 6.69. The number of hydrogen-bond donors (Lipinski definition) is 1. The van der Waals surface area contributed by atoms with E-state index in [9.17, 15) is 4.79 Å². The average Bonchev–Trinajstić information content (AvgIpc) is 3.16. The minimum Gasteiger partial charge on any atom is -0.347 e. The van der Waals surface area contributed by atoms with Gasteiger partial charge in [0.05, 0.1) is 25.0 Å². The van der Waals surface area contributed by atoms with Crippen LogP contribution < -0.4 is 5.32 Å². The van der Waals surface area contributed by atoms with Crippen LogP contribution in [0.2, 0.25) is 0 Å². The van der Waals surface area contributed by atoms with Gasteiger partial charge in [-0.15, -0.1) is 11.8 Å². The van der Waals surface area contributed by atoms with Gasteiger partial charge >= 0.3 is 0 Å². The molecule has 0 fully saturated rings. The van der Waals surface area contributed by atoms with Crippen LogP contribution in [-0.4, -0.2) is 26.7 Å². The number of rotatable bonds is 8. The maximum Gasteiger partial charge on any atom is 0.221 e. The van der Waals surface area contributed by atoms with Crippen molar-refractivity contribution in [2.75, 3.05) is 5.75 Å². The molecule has 0 unspecified atom stereocenters. The Bertz CT molecular complexity index is 763. The van der Waals surface area contributed by atoms with Crippen LogP contribution in [0.5, 0.6) is 0 Å². The summed E-state index contributed by atoms with van der Waals surface area (Å²) in [4.78, 5) is 15.1. The first-order chi connectivity index (χ1) is 12.3. The van der Waals surface area contributed by atoms with Crippen molar-refractivity contribution in [1.82, 2.24) is 20.3 Å². The lowest BCUT2D eigenvalue weighted by molar-refractivity contribution is -0.121. The van der Waals surface area contributed by atoms with Gasteiger partial charge in [0.1, 0.15) is 0 Å². The van der Waals surface area contributed by atoms with E-state index in [0.29, 0.717) is 13.0 Å². The predicted molar refractivity (Wildman–Crippen MR) is 99.1 cm³/mol. The average molecular weight is 352 g/mol. The maximum absolute atomic E-state index is 12.4. The number of thioether (sulfide) groups is 1. The fourth-order valence-electron chi connectivity index (χ4n) is 2.47. The van der Waals surface area contributed by atoms with Crippen LogP contribution in [0.4, 0.5) is 0 Å². The lowest BCUT2D eigenvalue weighted by atomic mass is 10.1. The summed E-state index contributed by atoms with van der Waals surface area (Å²) >= 11 is 1.69. The first-order valence-corrected chi connectivity index (χ1v) is 9.16. The molecule has 5 nitrogen and oxygen atoms in total. The highest BCUT2D eigenvalue weighted by atomic mass is 32.2. The Kier molecular flexibility index (Phi) is 6.23. The molecule has 3 rings (SSSR count). The number of amides is 1. The van der Waals surface area contributed by atoms with Gasteiger partial charge in [-0.1, -0.05) is 48.5 Å². The summed E-state index contributed by atoms with van der Waals surface area (Å²) in [7, 11) is 0. The van der Waals surface area contributed by atoms with Gasteiger partial charge in [-0.2, -0.15) is 15.0 Å².